The maximum Gasteiger partial charge on any atom is 0.573 e. The van der Waals surface area contributed by atoms with Gasteiger partial charge in [-0.2, -0.15) is 0 Å². The van der Waals surface area contributed by atoms with Crippen molar-refractivity contribution in [2.75, 3.05) is 0 Å². The lowest BCUT2D eigenvalue weighted by Crippen LogP contribution is -2.16. The fourth-order valence-corrected chi connectivity index (χ4v) is 1.80. The number of carboxylic acid groups (broad SMARTS) is 1. The number of aromatic nitrogens is 1. The van der Waals surface area contributed by atoms with Crippen LogP contribution in [0.3, 0.4) is 0 Å². The van der Waals surface area contributed by atoms with E-state index in [4.69, 9.17) is 16.7 Å². The number of carboxylic acids is 1. The van der Waals surface area contributed by atoms with Crippen LogP contribution in [0.5, 0.6) is 5.75 Å². The van der Waals surface area contributed by atoms with Crippen molar-refractivity contribution in [2.45, 2.75) is 6.36 Å². The van der Waals surface area contributed by atoms with E-state index in [9.17, 15) is 18.0 Å². The van der Waals surface area contributed by atoms with Crippen molar-refractivity contribution in [3.8, 4) is 17.0 Å². The molecule has 0 unspecified atom stereocenters. The molecule has 0 amide bonds. The molecule has 2 rings (SSSR count). The van der Waals surface area contributed by atoms with Crippen LogP contribution in [0.4, 0.5) is 13.2 Å². The van der Waals surface area contributed by atoms with Crippen LogP contribution in [0.2, 0.25) is 5.02 Å². The van der Waals surface area contributed by atoms with E-state index in [1.165, 1.54) is 24.4 Å². The molecule has 0 bridgehead atoms. The standard InChI is InChI=1S/C13H7ClF3NO3/c14-8-5-10(12(19)20)11(18-6-8)7-1-3-9(4-2-7)21-13(15,16)17/h1-6H,(H,19,20). The second kappa shape index (κ2) is 5.61. The Bertz CT molecular complexity index is 671. The van der Waals surface area contributed by atoms with Gasteiger partial charge >= 0.3 is 12.3 Å². The molecule has 21 heavy (non-hydrogen) atoms. The first kappa shape index (κ1) is 15.1. The Kier molecular flexibility index (Phi) is 4.04. The average molecular weight is 318 g/mol. The quantitative estimate of drug-likeness (QED) is 0.929. The molecule has 0 aliphatic heterocycles. The third-order valence-electron chi connectivity index (χ3n) is 2.45. The topological polar surface area (TPSA) is 59.4 Å². The van der Waals surface area contributed by atoms with Gasteiger partial charge in [0.25, 0.3) is 0 Å². The summed E-state index contributed by atoms with van der Waals surface area (Å²) in [5, 5.41) is 9.23. The summed E-state index contributed by atoms with van der Waals surface area (Å²) in [5.41, 5.74) is 0.288. The van der Waals surface area contributed by atoms with Gasteiger partial charge in [-0.25, -0.2) is 4.79 Å². The highest BCUT2D eigenvalue weighted by Crippen LogP contribution is 2.28. The molecule has 2 aromatic rings. The molecule has 110 valence electrons. The molecule has 1 N–H and O–H groups in total. The third kappa shape index (κ3) is 3.85. The van der Waals surface area contributed by atoms with Crippen molar-refractivity contribution in [1.29, 1.82) is 0 Å². The highest BCUT2D eigenvalue weighted by atomic mass is 35.5. The molecule has 0 atom stereocenters. The zero-order chi connectivity index (χ0) is 15.6. The van der Waals surface area contributed by atoms with Crippen LogP contribution in [0.1, 0.15) is 10.4 Å². The normalized spacial score (nSPS) is 11.2. The molecular formula is C13H7ClF3NO3. The molecule has 0 saturated heterocycles. The number of pyridine rings is 1. The zero-order valence-corrected chi connectivity index (χ0v) is 10.9. The van der Waals surface area contributed by atoms with Crippen LogP contribution in [-0.4, -0.2) is 22.4 Å². The molecule has 0 radical (unpaired) electrons. The van der Waals surface area contributed by atoms with Gasteiger partial charge < -0.3 is 9.84 Å². The van der Waals surface area contributed by atoms with E-state index in [2.05, 4.69) is 9.72 Å². The molecule has 0 aliphatic carbocycles. The number of nitrogens with zero attached hydrogens (tertiary/aromatic N) is 1. The predicted molar refractivity (Wildman–Crippen MR) is 68.3 cm³/mol. The minimum Gasteiger partial charge on any atom is -0.478 e. The number of benzene rings is 1. The Morgan fingerprint density at radius 2 is 1.86 bits per heavy atom. The molecule has 0 saturated carbocycles. The Labute approximate surface area is 121 Å². The molecule has 1 aromatic heterocycles. The predicted octanol–water partition coefficient (Wildman–Crippen LogP) is 4.00. The lowest BCUT2D eigenvalue weighted by molar-refractivity contribution is -0.274. The molecule has 1 heterocycles. The third-order valence-corrected chi connectivity index (χ3v) is 2.65. The fourth-order valence-electron chi connectivity index (χ4n) is 1.65. The fraction of sp³-hybridized carbons (Fsp3) is 0.0769. The van der Waals surface area contributed by atoms with Gasteiger partial charge in [-0.05, 0) is 30.3 Å². The number of rotatable bonds is 3. The lowest BCUT2D eigenvalue weighted by atomic mass is 10.1. The van der Waals surface area contributed by atoms with Crippen LogP contribution in [-0.2, 0) is 0 Å². The first-order chi connectivity index (χ1) is 9.76. The summed E-state index contributed by atoms with van der Waals surface area (Å²) >= 11 is 5.68. The largest absolute Gasteiger partial charge is 0.573 e. The van der Waals surface area contributed by atoms with Crippen molar-refractivity contribution in [3.63, 3.8) is 0 Å². The summed E-state index contributed by atoms with van der Waals surface area (Å²) in [7, 11) is 0. The number of carbonyl (C=O) groups is 1. The van der Waals surface area contributed by atoms with Gasteiger partial charge in [0.05, 0.1) is 16.3 Å². The van der Waals surface area contributed by atoms with E-state index in [0.717, 1.165) is 12.1 Å². The van der Waals surface area contributed by atoms with Gasteiger partial charge in [0, 0.05) is 11.8 Å². The first-order valence-corrected chi connectivity index (χ1v) is 5.89. The second-order valence-corrected chi connectivity index (χ2v) is 4.36. The monoisotopic (exact) mass is 317 g/mol. The number of hydrogen-bond acceptors (Lipinski definition) is 3. The number of aromatic carboxylic acids is 1. The summed E-state index contributed by atoms with van der Waals surface area (Å²) in [4.78, 5) is 15.0. The van der Waals surface area contributed by atoms with Gasteiger partial charge in [0.15, 0.2) is 0 Å². The Balaban J connectivity index is 2.37. The molecule has 1 aromatic carbocycles. The molecule has 0 aliphatic rings. The van der Waals surface area contributed by atoms with Gasteiger partial charge in [0.2, 0.25) is 0 Å². The number of halogens is 4. The molecule has 8 heteroatoms. The number of ether oxygens (including phenoxy) is 1. The van der Waals surface area contributed by atoms with Crippen molar-refractivity contribution in [3.05, 3.63) is 47.1 Å². The van der Waals surface area contributed by atoms with E-state index >= 15 is 0 Å². The molecule has 0 spiro atoms. The lowest BCUT2D eigenvalue weighted by Gasteiger charge is -2.10. The van der Waals surface area contributed by atoms with E-state index < -0.39 is 18.1 Å². The van der Waals surface area contributed by atoms with Crippen LogP contribution in [0, 0.1) is 0 Å². The molecule has 4 nitrogen and oxygen atoms in total. The zero-order valence-electron chi connectivity index (χ0n) is 10.2. The van der Waals surface area contributed by atoms with Gasteiger partial charge in [-0.3, -0.25) is 4.98 Å². The van der Waals surface area contributed by atoms with Crippen molar-refractivity contribution < 1.29 is 27.8 Å². The van der Waals surface area contributed by atoms with Crippen LogP contribution in [0.25, 0.3) is 11.3 Å². The SMILES string of the molecule is O=C(O)c1cc(Cl)cnc1-c1ccc(OC(F)(F)F)cc1. The van der Waals surface area contributed by atoms with E-state index in [1.807, 2.05) is 0 Å². The van der Waals surface area contributed by atoms with Gasteiger partial charge in [-0.15, -0.1) is 13.2 Å². The van der Waals surface area contributed by atoms with Gasteiger partial charge in [0.1, 0.15) is 5.75 Å². The molecular weight excluding hydrogens is 311 g/mol. The number of alkyl halides is 3. The Morgan fingerprint density at radius 1 is 1.24 bits per heavy atom. The Hall–Kier alpha value is -2.28. The van der Waals surface area contributed by atoms with Crippen molar-refractivity contribution in [2.24, 2.45) is 0 Å². The van der Waals surface area contributed by atoms with E-state index in [0.29, 0.717) is 5.56 Å². The minimum atomic E-state index is -4.79. The van der Waals surface area contributed by atoms with Crippen LogP contribution in [0.15, 0.2) is 36.5 Å². The van der Waals surface area contributed by atoms with Crippen LogP contribution < -0.4 is 4.74 Å². The average Bonchev–Trinajstić information content (AvgIpc) is 2.38. The van der Waals surface area contributed by atoms with Gasteiger partial charge in [-0.1, -0.05) is 11.6 Å². The smallest absolute Gasteiger partial charge is 0.478 e. The first-order valence-electron chi connectivity index (χ1n) is 5.51. The van der Waals surface area contributed by atoms with E-state index in [1.54, 1.807) is 0 Å². The summed E-state index contributed by atoms with van der Waals surface area (Å²) in [6.45, 7) is 0. The highest BCUT2D eigenvalue weighted by molar-refractivity contribution is 6.30. The highest BCUT2D eigenvalue weighted by Gasteiger charge is 2.31. The Morgan fingerprint density at radius 3 is 2.38 bits per heavy atom. The second-order valence-electron chi connectivity index (χ2n) is 3.93. The summed E-state index contributed by atoms with van der Waals surface area (Å²) in [6, 6.07) is 5.93. The summed E-state index contributed by atoms with van der Waals surface area (Å²) < 4.78 is 39.9. The van der Waals surface area contributed by atoms with Crippen molar-refractivity contribution in [1.82, 2.24) is 4.98 Å². The minimum absolute atomic E-state index is 0.102. The van der Waals surface area contributed by atoms with Crippen molar-refractivity contribution >= 4 is 17.6 Å². The van der Waals surface area contributed by atoms with E-state index in [-0.39, 0.29) is 16.3 Å². The maximum absolute atomic E-state index is 12.1. The molecule has 0 fully saturated rings. The van der Waals surface area contributed by atoms with Crippen LogP contribution >= 0.6 is 11.6 Å². The maximum atomic E-state index is 12.1. The summed E-state index contributed by atoms with van der Waals surface area (Å²) in [6.07, 6.45) is -3.53. The number of hydrogen-bond donors (Lipinski definition) is 1. The summed E-state index contributed by atoms with van der Waals surface area (Å²) in [5.74, 6) is -1.65.